The number of thiazole rings is 1. The first kappa shape index (κ1) is 18.6. The summed E-state index contributed by atoms with van der Waals surface area (Å²) in [6.45, 7) is 7.58. The van der Waals surface area contributed by atoms with E-state index in [1.54, 1.807) is 11.3 Å². The molecule has 0 radical (unpaired) electrons. The summed E-state index contributed by atoms with van der Waals surface area (Å²) in [6, 6.07) is 5.90. The predicted molar refractivity (Wildman–Crippen MR) is 103 cm³/mol. The number of aromatic nitrogens is 1. The lowest BCUT2D eigenvalue weighted by Gasteiger charge is -2.32. The Morgan fingerprint density at radius 2 is 1.96 bits per heavy atom. The first-order valence-corrected chi connectivity index (χ1v) is 9.86. The largest absolute Gasteiger partial charge is 0.349 e. The highest BCUT2D eigenvalue weighted by Crippen LogP contribution is 2.20. The van der Waals surface area contributed by atoms with Gasteiger partial charge in [0.25, 0.3) is 5.91 Å². The van der Waals surface area contributed by atoms with E-state index in [9.17, 15) is 9.59 Å². The number of likely N-dealkylation sites (tertiary alicyclic amines) is 1. The van der Waals surface area contributed by atoms with Gasteiger partial charge in [-0.25, -0.2) is 4.98 Å². The van der Waals surface area contributed by atoms with Gasteiger partial charge < -0.3 is 10.2 Å². The molecule has 6 heteroatoms. The van der Waals surface area contributed by atoms with E-state index in [0.29, 0.717) is 25.2 Å². The smallest absolute Gasteiger partial charge is 0.253 e. The van der Waals surface area contributed by atoms with Crippen molar-refractivity contribution in [2.45, 2.75) is 40.2 Å². The summed E-state index contributed by atoms with van der Waals surface area (Å²) in [6.07, 6.45) is 1.67. The summed E-state index contributed by atoms with van der Waals surface area (Å²) in [5.41, 5.74) is 3.85. The van der Waals surface area contributed by atoms with Crippen LogP contribution in [0.3, 0.4) is 0 Å². The second kappa shape index (κ2) is 7.99. The van der Waals surface area contributed by atoms with Gasteiger partial charge in [-0.05, 0) is 45.7 Å². The van der Waals surface area contributed by atoms with Crippen molar-refractivity contribution in [1.29, 1.82) is 0 Å². The van der Waals surface area contributed by atoms with Gasteiger partial charge in [0.15, 0.2) is 0 Å². The summed E-state index contributed by atoms with van der Waals surface area (Å²) >= 11 is 1.55. The fourth-order valence-corrected chi connectivity index (χ4v) is 4.16. The Kier molecular flexibility index (Phi) is 5.71. The predicted octanol–water partition coefficient (Wildman–Crippen LogP) is 3.24. The van der Waals surface area contributed by atoms with Gasteiger partial charge in [-0.15, -0.1) is 11.3 Å². The molecule has 0 aliphatic carbocycles. The van der Waals surface area contributed by atoms with Crippen molar-refractivity contribution in [2.75, 3.05) is 13.1 Å². The molecule has 1 N–H and O–H groups in total. The van der Waals surface area contributed by atoms with Crippen molar-refractivity contribution in [3.05, 3.63) is 51.0 Å². The van der Waals surface area contributed by atoms with Crippen LogP contribution in [0, 0.1) is 26.7 Å². The number of nitrogens with zero attached hydrogens (tertiary/aromatic N) is 2. The lowest BCUT2D eigenvalue weighted by Crippen LogP contribution is -2.45. The third-order valence-electron chi connectivity index (χ3n) is 4.63. The van der Waals surface area contributed by atoms with Crippen molar-refractivity contribution in [2.24, 2.45) is 5.92 Å². The lowest BCUT2D eigenvalue weighted by molar-refractivity contribution is -0.126. The highest BCUT2D eigenvalue weighted by atomic mass is 32.1. The van der Waals surface area contributed by atoms with Crippen molar-refractivity contribution >= 4 is 23.2 Å². The Morgan fingerprint density at radius 3 is 2.62 bits per heavy atom. The second-order valence-corrected chi connectivity index (χ2v) is 8.01. The van der Waals surface area contributed by atoms with Crippen LogP contribution in [0.15, 0.2) is 23.6 Å². The number of benzene rings is 1. The van der Waals surface area contributed by atoms with E-state index >= 15 is 0 Å². The number of hydrogen-bond donors (Lipinski definition) is 1. The van der Waals surface area contributed by atoms with Gasteiger partial charge in [-0.2, -0.15) is 0 Å². The maximum Gasteiger partial charge on any atom is 0.253 e. The van der Waals surface area contributed by atoms with Gasteiger partial charge in [0.2, 0.25) is 5.91 Å². The van der Waals surface area contributed by atoms with Crippen LogP contribution in [0.2, 0.25) is 0 Å². The minimum atomic E-state index is -0.153. The molecule has 5 nitrogen and oxygen atoms in total. The summed E-state index contributed by atoms with van der Waals surface area (Å²) in [7, 11) is 0. The molecule has 26 heavy (non-hydrogen) atoms. The molecule has 2 heterocycles. The molecule has 1 fully saturated rings. The quantitative estimate of drug-likeness (QED) is 0.897. The second-order valence-electron chi connectivity index (χ2n) is 7.07. The van der Waals surface area contributed by atoms with E-state index in [0.717, 1.165) is 34.7 Å². The Balaban J connectivity index is 1.61. The maximum atomic E-state index is 12.8. The number of carbonyl (C=O) groups excluding carboxylic acids is 2. The number of aryl methyl sites for hydroxylation is 3. The van der Waals surface area contributed by atoms with Crippen LogP contribution in [0.4, 0.5) is 0 Å². The zero-order valence-electron chi connectivity index (χ0n) is 15.5. The van der Waals surface area contributed by atoms with E-state index in [4.69, 9.17) is 0 Å². The van der Waals surface area contributed by atoms with E-state index in [2.05, 4.69) is 16.4 Å². The van der Waals surface area contributed by atoms with Crippen molar-refractivity contribution < 1.29 is 9.59 Å². The minimum Gasteiger partial charge on any atom is -0.349 e. The number of nitrogens with one attached hydrogen (secondary N) is 1. The van der Waals surface area contributed by atoms with Crippen LogP contribution >= 0.6 is 11.3 Å². The van der Waals surface area contributed by atoms with Crippen molar-refractivity contribution in [1.82, 2.24) is 15.2 Å². The first-order valence-electron chi connectivity index (χ1n) is 8.98. The molecule has 2 amide bonds. The van der Waals surface area contributed by atoms with Gasteiger partial charge >= 0.3 is 0 Å². The number of rotatable bonds is 4. The molecule has 1 aromatic carbocycles. The van der Waals surface area contributed by atoms with Crippen LogP contribution in [0.5, 0.6) is 0 Å². The molecule has 1 aliphatic rings. The van der Waals surface area contributed by atoms with Gasteiger partial charge in [0.1, 0.15) is 5.01 Å². The normalized spacial score (nSPS) is 17.2. The maximum absolute atomic E-state index is 12.8. The highest BCUT2D eigenvalue weighted by molar-refractivity contribution is 7.09. The molecular formula is C20H25N3O2S. The molecule has 1 atom stereocenters. The van der Waals surface area contributed by atoms with E-state index in [1.165, 1.54) is 0 Å². The number of piperidine rings is 1. The molecule has 0 spiro atoms. The fourth-order valence-electron chi connectivity index (χ4n) is 3.45. The van der Waals surface area contributed by atoms with Gasteiger partial charge in [0.05, 0.1) is 12.5 Å². The Morgan fingerprint density at radius 1 is 1.23 bits per heavy atom. The van der Waals surface area contributed by atoms with Crippen LogP contribution in [-0.2, 0) is 11.3 Å². The number of hydrogen-bond acceptors (Lipinski definition) is 4. The van der Waals surface area contributed by atoms with Crippen molar-refractivity contribution in [3.8, 4) is 0 Å². The molecular weight excluding hydrogens is 346 g/mol. The number of carbonyl (C=O) groups is 2. The average molecular weight is 372 g/mol. The van der Waals surface area contributed by atoms with Crippen LogP contribution in [0.1, 0.15) is 45.0 Å². The lowest BCUT2D eigenvalue weighted by atomic mass is 9.96. The first-order chi connectivity index (χ1) is 12.4. The molecule has 1 aromatic heterocycles. The molecule has 1 aliphatic heterocycles. The van der Waals surface area contributed by atoms with Crippen LogP contribution in [0.25, 0.3) is 0 Å². The Labute approximate surface area is 158 Å². The molecule has 0 bridgehead atoms. The summed E-state index contributed by atoms with van der Waals surface area (Å²) in [5, 5.41) is 5.86. The fraction of sp³-hybridized carbons (Fsp3) is 0.450. The van der Waals surface area contributed by atoms with E-state index < -0.39 is 0 Å². The van der Waals surface area contributed by atoms with Crippen molar-refractivity contribution in [3.63, 3.8) is 0 Å². The summed E-state index contributed by atoms with van der Waals surface area (Å²) < 4.78 is 0. The zero-order valence-corrected chi connectivity index (χ0v) is 16.4. The van der Waals surface area contributed by atoms with Gasteiger partial charge in [-0.1, -0.05) is 17.2 Å². The Hall–Kier alpha value is -2.21. The summed E-state index contributed by atoms with van der Waals surface area (Å²) in [5.74, 6) is -0.125. The van der Waals surface area contributed by atoms with Crippen LogP contribution < -0.4 is 5.32 Å². The molecule has 1 unspecified atom stereocenters. The molecule has 138 valence electrons. The summed E-state index contributed by atoms with van der Waals surface area (Å²) in [4.78, 5) is 31.5. The zero-order chi connectivity index (χ0) is 18.7. The molecule has 2 aromatic rings. The Bertz CT molecular complexity index is 795. The standard InChI is InChI=1S/C20H25N3O2S/c1-13-7-14(2)9-17(8-13)20(25)23-6-4-5-16(11-23)19(24)21-10-18-22-15(3)12-26-18/h7-9,12,16H,4-6,10-11H2,1-3H3,(H,21,24). The monoisotopic (exact) mass is 371 g/mol. The van der Waals surface area contributed by atoms with Crippen LogP contribution in [-0.4, -0.2) is 34.8 Å². The third-order valence-corrected chi connectivity index (χ3v) is 5.60. The molecule has 0 saturated carbocycles. The van der Waals surface area contributed by atoms with E-state index in [1.807, 2.05) is 43.2 Å². The number of amides is 2. The third kappa shape index (κ3) is 4.49. The van der Waals surface area contributed by atoms with Gasteiger partial charge in [-0.3, -0.25) is 9.59 Å². The SMILES string of the molecule is Cc1cc(C)cc(C(=O)N2CCCC(C(=O)NCc3nc(C)cs3)C2)c1. The average Bonchev–Trinajstić information content (AvgIpc) is 3.03. The topological polar surface area (TPSA) is 62.3 Å². The minimum absolute atomic E-state index is 0.00998. The van der Waals surface area contributed by atoms with E-state index in [-0.39, 0.29) is 17.7 Å². The van der Waals surface area contributed by atoms with Gasteiger partial charge in [0, 0.05) is 29.7 Å². The molecule has 3 rings (SSSR count). The highest BCUT2D eigenvalue weighted by Gasteiger charge is 2.29. The molecule has 1 saturated heterocycles.